The van der Waals surface area contributed by atoms with Crippen molar-refractivity contribution in [1.29, 1.82) is 0 Å². The van der Waals surface area contributed by atoms with Crippen LogP contribution in [0.4, 0.5) is 17.1 Å². The number of amides is 1. The second-order valence-electron chi connectivity index (χ2n) is 7.06. The minimum absolute atomic E-state index is 0.00242. The Bertz CT molecular complexity index is 1190. The average molecular weight is 474 g/mol. The molecule has 0 aliphatic rings. The Morgan fingerprint density at radius 2 is 1.69 bits per heavy atom. The van der Waals surface area contributed by atoms with Crippen LogP contribution in [0.2, 0.25) is 0 Å². The van der Waals surface area contributed by atoms with Gasteiger partial charge in [0.15, 0.2) is 6.10 Å². The first-order valence-electron chi connectivity index (χ1n) is 9.62. The molecule has 32 heavy (non-hydrogen) atoms. The van der Waals surface area contributed by atoms with Crippen molar-refractivity contribution in [2.45, 2.75) is 17.2 Å². The normalized spacial score (nSPS) is 12.0. The van der Waals surface area contributed by atoms with Gasteiger partial charge in [0, 0.05) is 25.5 Å². The van der Waals surface area contributed by atoms with Gasteiger partial charge in [-0.25, -0.2) is 13.2 Å². The number of anilines is 3. The van der Waals surface area contributed by atoms with Crippen LogP contribution in [0.15, 0.2) is 70.3 Å². The van der Waals surface area contributed by atoms with E-state index in [0.29, 0.717) is 5.69 Å². The molecule has 2 aromatic carbocycles. The van der Waals surface area contributed by atoms with Crippen molar-refractivity contribution in [3.05, 3.63) is 71.6 Å². The zero-order valence-corrected chi connectivity index (χ0v) is 19.4. The molecule has 0 radical (unpaired) electrons. The van der Waals surface area contributed by atoms with Gasteiger partial charge in [-0.1, -0.05) is 18.2 Å². The van der Waals surface area contributed by atoms with Crippen molar-refractivity contribution in [1.82, 2.24) is 0 Å². The van der Waals surface area contributed by atoms with Gasteiger partial charge in [0.25, 0.3) is 15.9 Å². The van der Waals surface area contributed by atoms with Crippen molar-refractivity contribution >= 4 is 50.3 Å². The van der Waals surface area contributed by atoms with Crippen LogP contribution in [0.3, 0.4) is 0 Å². The number of nitrogens with one attached hydrogen (secondary N) is 2. The fourth-order valence-electron chi connectivity index (χ4n) is 2.73. The lowest BCUT2D eigenvalue weighted by Crippen LogP contribution is -2.30. The lowest BCUT2D eigenvalue weighted by Gasteiger charge is -2.16. The van der Waals surface area contributed by atoms with Gasteiger partial charge < -0.3 is 15.0 Å². The van der Waals surface area contributed by atoms with Gasteiger partial charge in [0.2, 0.25) is 0 Å². The molecular formula is C22H23N3O5S2. The summed E-state index contributed by atoms with van der Waals surface area (Å²) < 4.78 is 32.8. The zero-order valence-electron chi connectivity index (χ0n) is 17.7. The molecule has 1 amide bonds. The number of rotatable bonds is 8. The number of para-hydroxylation sites is 1. The van der Waals surface area contributed by atoms with Crippen molar-refractivity contribution < 1.29 is 22.7 Å². The van der Waals surface area contributed by atoms with Gasteiger partial charge in [-0.2, -0.15) is 0 Å². The highest BCUT2D eigenvalue weighted by molar-refractivity contribution is 7.94. The Labute approximate surface area is 190 Å². The van der Waals surface area contributed by atoms with Crippen LogP contribution in [0.25, 0.3) is 0 Å². The Morgan fingerprint density at radius 3 is 2.31 bits per heavy atom. The summed E-state index contributed by atoms with van der Waals surface area (Å²) >= 11 is 1.06. The highest BCUT2D eigenvalue weighted by Crippen LogP contribution is 2.24. The van der Waals surface area contributed by atoms with Gasteiger partial charge in [-0.05, 0) is 54.8 Å². The third kappa shape index (κ3) is 5.65. The van der Waals surface area contributed by atoms with Crippen molar-refractivity contribution in [2.24, 2.45) is 0 Å². The van der Waals surface area contributed by atoms with E-state index in [0.717, 1.165) is 17.0 Å². The summed E-state index contributed by atoms with van der Waals surface area (Å²) in [6, 6.07) is 16.3. The number of benzene rings is 2. The summed E-state index contributed by atoms with van der Waals surface area (Å²) in [5, 5.41) is 4.33. The second-order valence-corrected chi connectivity index (χ2v) is 9.92. The molecule has 0 fully saturated rings. The molecular weight excluding hydrogens is 450 g/mol. The van der Waals surface area contributed by atoms with Crippen LogP contribution in [-0.2, 0) is 19.6 Å². The molecule has 1 unspecified atom stereocenters. The van der Waals surface area contributed by atoms with Gasteiger partial charge in [0.05, 0.1) is 11.3 Å². The van der Waals surface area contributed by atoms with E-state index in [1.165, 1.54) is 25.1 Å². The van der Waals surface area contributed by atoms with E-state index >= 15 is 0 Å². The fraction of sp³-hybridized carbons (Fsp3) is 0.182. The van der Waals surface area contributed by atoms with Gasteiger partial charge >= 0.3 is 5.97 Å². The standard InChI is InChI=1S/C22H23N3O5S2/c1-15(21(26)23-16-10-12-17(13-11-16)25(2)3)30-22(27)18-7-4-5-8-19(18)24-32(28,29)20-9-6-14-31-20/h4-15,24H,1-3H3,(H,23,26). The van der Waals surface area contributed by atoms with E-state index in [1.54, 1.807) is 35.7 Å². The quantitative estimate of drug-likeness (QED) is 0.482. The van der Waals surface area contributed by atoms with Crippen LogP contribution in [0.5, 0.6) is 0 Å². The number of sulfonamides is 1. The monoisotopic (exact) mass is 473 g/mol. The topological polar surface area (TPSA) is 105 Å². The Kier molecular flexibility index (Phi) is 7.16. The number of esters is 1. The molecule has 1 aromatic heterocycles. The molecule has 3 rings (SSSR count). The lowest BCUT2D eigenvalue weighted by atomic mass is 10.2. The molecule has 1 heterocycles. The highest BCUT2D eigenvalue weighted by atomic mass is 32.2. The molecule has 0 saturated carbocycles. The van der Waals surface area contributed by atoms with E-state index in [9.17, 15) is 18.0 Å². The van der Waals surface area contributed by atoms with E-state index in [-0.39, 0.29) is 15.5 Å². The van der Waals surface area contributed by atoms with E-state index < -0.39 is 28.0 Å². The summed E-state index contributed by atoms with van der Waals surface area (Å²) in [6.07, 6.45) is -1.10. The van der Waals surface area contributed by atoms with E-state index in [1.807, 2.05) is 31.1 Å². The highest BCUT2D eigenvalue weighted by Gasteiger charge is 2.23. The maximum absolute atomic E-state index is 12.7. The molecule has 168 valence electrons. The average Bonchev–Trinajstić information content (AvgIpc) is 3.30. The number of carbonyl (C=O) groups is 2. The Balaban J connectivity index is 1.68. The number of ether oxygens (including phenoxy) is 1. The van der Waals surface area contributed by atoms with E-state index in [2.05, 4.69) is 10.0 Å². The molecule has 3 aromatic rings. The summed E-state index contributed by atoms with van der Waals surface area (Å²) in [5.74, 6) is -1.33. The number of hydrogen-bond acceptors (Lipinski definition) is 7. The zero-order chi connectivity index (χ0) is 23.3. The van der Waals surface area contributed by atoms with Crippen molar-refractivity contribution in [3.63, 3.8) is 0 Å². The smallest absolute Gasteiger partial charge is 0.341 e. The maximum Gasteiger partial charge on any atom is 0.341 e. The third-order valence-electron chi connectivity index (χ3n) is 4.46. The van der Waals surface area contributed by atoms with E-state index in [4.69, 9.17) is 4.74 Å². The molecule has 8 nitrogen and oxygen atoms in total. The molecule has 2 N–H and O–H groups in total. The van der Waals surface area contributed by atoms with Crippen LogP contribution < -0.4 is 14.9 Å². The van der Waals surface area contributed by atoms with Crippen molar-refractivity contribution in [2.75, 3.05) is 29.0 Å². The summed E-state index contributed by atoms with van der Waals surface area (Å²) in [4.78, 5) is 27.1. The predicted octanol–water partition coefficient (Wildman–Crippen LogP) is 3.80. The molecule has 0 saturated heterocycles. The molecule has 1 atom stereocenters. The molecule has 0 aliphatic carbocycles. The van der Waals surface area contributed by atoms with Crippen LogP contribution >= 0.6 is 11.3 Å². The van der Waals surface area contributed by atoms with Crippen molar-refractivity contribution in [3.8, 4) is 0 Å². The summed E-state index contributed by atoms with van der Waals surface area (Å²) in [5.41, 5.74) is 1.61. The summed E-state index contributed by atoms with van der Waals surface area (Å²) in [6.45, 7) is 1.44. The number of hydrogen-bond donors (Lipinski definition) is 2. The lowest BCUT2D eigenvalue weighted by molar-refractivity contribution is -0.123. The third-order valence-corrected chi connectivity index (χ3v) is 7.22. The largest absolute Gasteiger partial charge is 0.449 e. The molecule has 0 spiro atoms. The Morgan fingerprint density at radius 1 is 1.00 bits per heavy atom. The number of thiophene rings is 1. The van der Waals surface area contributed by atoms with Gasteiger partial charge in [-0.3, -0.25) is 9.52 Å². The first kappa shape index (κ1) is 23.3. The predicted molar refractivity (Wildman–Crippen MR) is 126 cm³/mol. The summed E-state index contributed by atoms with van der Waals surface area (Å²) in [7, 11) is -0.0228. The van der Waals surface area contributed by atoms with Crippen LogP contribution in [0, 0.1) is 0 Å². The molecule has 0 bridgehead atoms. The Hall–Kier alpha value is -3.37. The van der Waals surface area contributed by atoms with Gasteiger partial charge in [0.1, 0.15) is 4.21 Å². The molecule has 0 aliphatic heterocycles. The second kappa shape index (κ2) is 9.84. The van der Waals surface area contributed by atoms with Gasteiger partial charge in [-0.15, -0.1) is 11.3 Å². The van der Waals surface area contributed by atoms with Crippen LogP contribution in [-0.4, -0.2) is 40.5 Å². The SMILES string of the molecule is CC(OC(=O)c1ccccc1NS(=O)(=O)c1cccs1)C(=O)Nc1ccc(N(C)C)cc1. The minimum Gasteiger partial charge on any atom is -0.449 e. The number of carbonyl (C=O) groups excluding carboxylic acids is 2. The first-order chi connectivity index (χ1) is 15.2. The minimum atomic E-state index is -3.84. The fourth-order valence-corrected chi connectivity index (χ4v) is 4.80. The van der Waals surface area contributed by atoms with Crippen LogP contribution in [0.1, 0.15) is 17.3 Å². The maximum atomic E-state index is 12.7. The molecule has 10 heteroatoms. The first-order valence-corrected chi connectivity index (χ1v) is 12.0. The number of nitrogens with zero attached hydrogens (tertiary/aromatic N) is 1.